The molecular formula is C10H19N5O2S. The van der Waals surface area contributed by atoms with Crippen molar-refractivity contribution in [2.45, 2.75) is 23.8 Å². The van der Waals surface area contributed by atoms with E-state index >= 15 is 0 Å². The van der Waals surface area contributed by atoms with E-state index in [9.17, 15) is 8.42 Å². The molecule has 2 rings (SSSR count). The molecule has 0 saturated carbocycles. The summed E-state index contributed by atoms with van der Waals surface area (Å²) in [6.45, 7) is 1.91. The SMILES string of the molecule is CN1CCC[C@H](NNS(=O)(=O)c2cnn(C)c2)C1. The average Bonchev–Trinajstić information content (AvgIpc) is 2.74. The molecule has 18 heavy (non-hydrogen) atoms. The van der Waals surface area contributed by atoms with E-state index in [1.54, 1.807) is 7.05 Å². The van der Waals surface area contributed by atoms with Crippen LogP contribution in [0.3, 0.4) is 0 Å². The van der Waals surface area contributed by atoms with Crippen molar-refractivity contribution < 1.29 is 8.42 Å². The molecule has 8 heteroatoms. The molecule has 1 saturated heterocycles. The van der Waals surface area contributed by atoms with Crippen molar-refractivity contribution in [1.29, 1.82) is 0 Å². The predicted molar refractivity (Wildman–Crippen MR) is 67.2 cm³/mol. The quantitative estimate of drug-likeness (QED) is 0.709. The Morgan fingerprint density at radius 3 is 2.83 bits per heavy atom. The number of hydrazine groups is 1. The molecule has 1 atom stereocenters. The van der Waals surface area contributed by atoms with Crippen LogP contribution in [-0.2, 0) is 17.1 Å². The van der Waals surface area contributed by atoms with E-state index in [1.807, 2.05) is 7.05 Å². The smallest absolute Gasteiger partial charge is 0.256 e. The first-order chi connectivity index (χ1) is 8.47. The maximum absolute atomic E-state index is 11.9. The lowest BCUT2D eigenvalue weighted by Gasteiger charge is -2.30. The fourth-order valence-electron chi connectivity index (χ4n) is 2.04. The van der Waals surface area contributed by atoms with Crippen LogP contribution in [0.5, 0.6) is 0 Å². The number of likely N-dealkylation sites (N-methyl/N-ethyl adjacent to an activating group) is 1. The molecule has 0 bridgehead atoms. The van der Waals surface area contributed by atoms with Crippen LogP contribution in [0.15, 0.2) is 17.3 Å². The van der Waals surface area contributed by atoms with Gasteiger partial charge in [0.25, 0.3) is 10.0 Å². The third-order valence-electron chi connectivity index (χ3n) is 3.01. The summed E-state index contributed by atoms with van der Waals surface area (Å²) in [4.78, 5) is 4.77. The van der Waals surface area contributed by atoms with E-state index < -0.39 is 10.0 Å². The molecule has 2 heterocycles. The summed E-state index contributed by atoms with van der Waals surface area (Å²) in [6, 6.07) is 0.148. The fraction of sp³-hybridized carbons (Fsp3) is 0.700. The van der Waals surface area contributed by atoms with Crippen LogP contribution in [0.2, 0.25) is 0 Å². The number of piperidine rings is 1. The van der Waals surface area contributed by atoms with Gasteiger partial charge in [0, 0.05) is 25.8 Å². The summed E-state index contributed by atoms with van der Waals surface area (Å²) >= 11 is 0. The molecule has 1 aliphatic rings. The summed E-state index contributed by atoms with van der Waals surface area (Å²) < 4.78 is 25.3. The molecule has 1 aromatic heterocycles. The van der Waals surface area contributed by atoms with E-state index in [0.717, 1.165) is 25.9 Å². The fourth-order valence-corrected chi connectivity index (χ4v) is 2.96. The summed E-state index contributed by atoms with van der Waals surface area (Å²) in [6.07, 6.45) is 4.84. The molecule has 102 valence electrons. The second-order valence-corrected chi connectivity index (χ2v) is 6.38. The normalized spacial score (nSPS) is 22.2. The van der Waals surface area contributed by atoms with Crippen LogP contribution in [0.1, 0.15) is 12.8 Å². The second-order valence-electron chi connectivity index (χ2n) is 4.70. The standard InChI is InChI=1S/C10H19N5O2S/c1-14-5-3-4-9(7-14)12-13-18(16,17)10-6-11-15(2)8-10/h6,8-9,12-13H,3-5,7H2,1-2H3/t9-/m0/s1. The molecule has 0 radical (unpaired) electrons. The van der Waals surface area contributed by atoms with Crippen molar-refractivity contribution in [2.75, 3.05) is 20.1 Å². The number of aromatic nitrogens is 2. The number of hydrogen-bond donors (Lipinski definition) is 2. The Kier molecular flexibility index (Phi) is 4.00. The number of rotatable bonds is 4. The van der Waals surface area contributed by atoms with Crippen molar-refractivity contribution in [3.8, 4) is 0 Å². The Labute approximate surface area is 107 Å². The lowest BCUT2D eigenvalue weighted by molar-refractivity contribution is 0.223. The maximum Gasteiger partial charge on any atom is 0.256 e. The molecule has 0 amide bonds. The van der Waals surface area contributed by atoms with Crippen LogP contribution < -0.4 is 10.3 Å². The molecule has 1 fully saturated rings. The molecule has 1 aromatic rings. The lowest BCUT2D eigenvalue weighted by atomic mass is 10.1. The number of nitrogens with one attached hydrogen (secondary N) is 2. The first kappa shape index (κ1) is 13.5. The number of nitrogens with zero attached hydrogens (tertiary/aromatic N) is 3. The van der Waals surface area contributed by atoms with Crippen LogP contribution in [0.4, 0.5) is 0 Å². The highest BCUT2D eigenvalue weighted by molar-refractivity contribution is 7.89. The van der Waals surface area contributed by atoms with Gasteiger partial charge in [0.15, 0.2) is 0 Å². The maximum atomic E-state index is 11.9. The van der Waals surface area contributed by atoms with Crippen molar-refractivity contribution in [1.82, 2.24) is 24.9 Å². The Hall–Kier alpha value is -0.960. The molecule has 0 aliphatic carbocycles. The van der Waals surface area contributed by atoms with Gasteiger partial charge in [-0.2, -0.15) is 5.10 Å². The summed E-state index contributed by atoms with van der Waals surface area (Å²) in [5, 5.41) is 3.85. The number of hydrogen-bond acceptors (Lipinski definition) is 5. The van der Waals surface area contributed by atoms with Gasteiger partial charge in [-0.3, -0.25) is 4.68 Å². The summed E-state index contributed by atoms with van der Waals surface area (Å²) in [5.74, 6) is 0. The molecule has 1 aliphatic heterocycles. The minimum atomic E-state index is -3.52. The Morgan fingerprint density at radius 1 is 1.44 bits per heavy atom. The van der Waals surface area contributed by atoms with Gasteiger partial charge >= 0.3 is 0 Å². The number of likely N-dealkylation sites (tertiary alicyclic amines) is 1. The van der Waals surface area contributed by atoms with Crippen LogP contribution in [-0.4, -0.2) is 49.3 Å². The highest BCUT2D eigenvalue weighted by Crippen LogP contribution is 2.09. The Balaban J connectivity index is 1.93. The Bertz CT molecular complexity index is 498. The monoisotopic (exact) mass is 273 g/mol. The first-order valence-corrected chi connectivity index (χ1v) is 7.40. The van der Waals surface area contributed by atoms with Crippen LogP contribution in [0, 0.1) is 0 Å². The zero-order valence-corrected chi connectivity index (χ0v) is 11.4. The van der Waals surface area contributed by atoms with E-state index in [4.69, 9.17) is 0 Å². The zero-order chi connectivity index (χ0) is 13.2. The minimum absolute atomic E-state index is 0.148. The van der Waals surface area contributed by atoms with Gasteiger partial charge in [0.1, 0.15) is 4.90 Å². The summed E-state index contributed by atoms with van der Waals surface area (Å²) in [7, 11) is 0.195. The molecule has 0 spiro atoms. The predicted octanol–water partition coefficient (Wildman–Crippen LogP) is -0.703. The number of aryl methyl sites for hydroxylation is 1. The van der Waals surface area contributed by atoms with E-state index in [-0.39, 0.29) is 10.9 Å². The van der Waals surface area contributed by atoms with Gasteiger partial charge in [-0.05, 0) is 26.4 Å². The third-order valence-corrected chi connectivity index (χ3v) is 4.23. The molecule has 2 N–H and O–H groups in total. The highest BCUT2D eigenvalue weighted by atomic mass is 32.2. The van der Waals surface area contributed by atoms with Crippen molar-refractivity contribution in [2.24, 2.45) is 7.05 Å². The van der Waals surface area contributed by atoms with E-state index in [2.05, 4.69) is 20.3 Å². The Morgan fingerprint density at radius 2 is 2.22 bits per heavy atom. The van der Waals surface area contributed by atoms with Crippen LogP contribution >= 0.6 is 0 Å². The topological polar surface area (TPSA) is 79.3 Å². The summed E-state index contributed by atoms with van der Waals surface area (Å²) in [5.41, 5.74) is 2.88. The van der Waals surface area contributed by atoms with Crippen molar-refractivity contribution in [3.05, 3.63) is 12.4 Å². The minimum Gasteiger partial charge on any atom is -0.305 e. The van der Waals surface area contributed by atoms with Crippen molar-refractivity contribution >= 4 is 10.0 Å². The van der Waals surface area contributed by atoms with Gasteiger partial charge in [0.2, 0.25) is 0 Å². The first-order valence-electron chi connectivity index (χ1n) is 5.92. The average molecular weight is 273 g/mol. The third kappa shape index (κ3) is 3.29. The van der Waals surface area contributed by atoms with Gasteiger partial charge in [-0.1, -0.05) is 0 Å². The second kappa shape index (κ2) is 5.35. The molecular weight excluding hydrogens is 254 g/mol. The van der Waals surface area contributed by atoms with Gasteiger partial charge in [-0.15, -0.1) is 4.83 Å². The van der Waals surface area contributed by atoms with Crippen molar-refractivity contribution in [3.63, 3.8) is 0 Å². The van der Waals surface area contributed by atoms with Gasteiger partial charge in [-0.25, -0.2) is 13.8 Å². The molecule has 0 aromatic carbocycles. The van der Waals surface area contributed by atoms with E-state index in [1.165, 1.54) is 17.1 Å². The lowest BCUT2D eigenvalue weighted by Crippen LogP contribution is -2.51. The zero-order valence-electron chi connectivity index (χ0n) is 10.6. The molecule has 7 nitrogen and oxygen atoms in total. The van der Waals surface area contributed by atoms with Crippen LogP contribution in [0.25, 0.3) is 0 Å². The highest BCUT2D eigenvalue weighted by Gasteiger charge is 2.20. The largest absolute Gasteiger partial charge is 0.305 e. The van der Waals surface area contributed by atoms with E-state index in [0.29, 0.717) is 0 Å². The van der Waals surface area contributed by atoms with Gasteiger partial charge in [0.05, 0.1) is 6.20 Å². The molecule has 0 unspecified atom stereocenters. The van der Waals surface area contributed by atoms with Gasteiger partial charge < -0.3 is 4.90 Å². The number of sulfonamides is 1.